The lowest BCUT2D eigenvalue weighted by Crippen LogP contribution is -2.53. The van der Waals surface area contributed by atoms with Crippen LogP contribution in [0.5, 0.6) is 0 Å². The summed E-state index contributed by atoms with van der Waals surface area (Å²) in [5.41, 5.74) is 7.24. The first-order valence-corrected chi connectivity index (χ1v) is 6.82. The average molecular weight is 274 g/mol. The molecule has 2 heterocycles. The number of piperazine rings is 1. The molecule has 0 saturated carbocycles. The Labute approximate surface area is 117 Å². The number of nitrogens with one attached hydrogen (secondary N) is 1. The molecule has 6 heteroatoms. The van der Waals surface area contributed by atoms with Crippen molar-refractivity contribution in [2.45, 2.75) is 12.6 Å². The normalized spacial score (nSPS) is 21.6. The lowest BCUT2D eigenvalue weighted by Gasteiger charge is -2.36. The molecule has 3 amide bonds. The van der Waals surface area contributed by atoms with Gasteiger partial charge in [-0.2, -0.15) is 0 Å². The van der Waals surface area contributed by atoms with E-state index in [9.17, 15) is 9.59 Å². The first kappa shape index (κ1) is 12.9. The zero-order chi connectivity index (χ0) is 14.1. The van der Waals surface area contributed by atoms with Crippen molar-refractivity contribution >= 4 is 11.9 Å². The van der Waals surface area contributed by atoms with E-state index in [1.54, 1.807) is 4.90 Å². The maximum atomic E-state index is 12.4. The van der Waals surface area contributed by atoms with E-state index in [2.05, 4.69) is 5.32 Å². The van der Waals surface area contributed by atoms with Crippen LogP contribution in [-0.2, 0) is 6.54 Å². The maximum Gasteiger partial charge on any atom is 0.317 e. The molecule has 0 spiro atoms. The van der Waals surface area contributed by atoms with E-state index >= 15 is 0 Å². The molecule has 2 aliphatic heterocycles. The molecule has 0 aromatic heterocycles. The number of nitrogens with two attached hydrogens (primary N) is 1. The highest BCUT2D eigenvalue weighted by Gasteiger charge is 2.36. The van der Waals surface area contributed by atoms with Crippen molar-refractivity contribution in [3.05, 3.63) is 35.4 Å². The number of carbonyl (C=O) groups excluding carboxylic acids is 2. The lowest BCUT2D eigenvalue weighted by molar-refractivity contribution is 0.0617. The van der Waals surface area contributed by atoms with Crippen LogP contribution in [0.4, 0.5) is 4.79 Å². The van der Waals surface area contributed by atoms with Crippen LogP contribution in [0, 0.1) is 0 Å². The number of benzene rings is 1. The number of nitrogens with zero attached hydrogens (tertiary/aromatic N) is 2. The van der Waals surface area contributed by atoms with Crippen molar-refractivity contribution in [3.8, 4) is 0 Å². The summed E-state index contributed by atoms with van der Waals surface area (Å²) in [6, 6.07) is 7.47. The van der Waals surface area contributed by atoms with Gasteiger partial charge >= 0.3 is 6.03 Å². The molecule has 0 radical (unpaired) electrons. The van der Waals surface area contributed by atoms with E-state index in [1.807, 2.05) is 29.2 Å². The van der Waals surface area contributed by atoms with Crippen LogP contribution < -0.4 is 11.1 Å². The van der Waals surface area contributed by atoms with Crippen LogP contribution in [0.2, 0.25) is 0 Å². The molecule has 2 fully saturated rings. The van der Waals surface area contributed by atoms with E-state index in [0.29, 0.717) is 38.3 Å². The van der Waals surface area contributed by atoms with Crippen LogP contribution in [0.1, 0.15) is 15.9 Å². The number of hydrogen-bond acceptors (Lipinski definition) is 3. The number of amides is 3. The molecule has 1 unspecified atom stereocenters. The molecule has 1 aromatic carbocycles. The van der Waals surface area contributed by atoms with Gasteiger partial charge in [0.15, 0.2) is 0 Å². The van der Waals surface area contributed by atoms with E-state index < -0.39 is 0 Å². The second kappa shape index (κ2) is 5.13. The summed E-state index contributed by atoms with van der Waals surface area (Å²) in [4.78, 5) is 27.6. The summed E-state index contributed by atoms with van der Waals surface area (Å²) in [6.07, 6.45) is 0. The van der Waals surface area contributed by atoms with E-state index in [0.717, 1.165) is 5.56 Å². The largest absolute Gasteiger partial charge is 0.336 e. The average Bonchev–Trinajstić information content (AvgIpc) is 2.87. The molecular weight excluding hydrogens is 256 g/mol. The Balaban J connectivity index is 1.70. The fourth-order valence-electron chi connectivity index (χ4n) is 2.75. The maximum absolute atomic E-state index is 12.4. The number of hydrogen-bond donors (Lipinski definition) is 2. The van der Waals surface area contributed by atoms with E-state index in [1.165, 1.54) is 0 Å². The molecule has 20 heavy (non-hydrogen) atoms. The predicted molar refractivity (Wildman–Crippen MR) is 74.1 cm³/mol. The van der Waals surface area contributed by atoms with Crippen molar-refractivity contribution < 1.29 is 9.59 Å². The number of fused-ring (bicyclic) bond motifs is 1. The Kier molecular flexibility index (Phi) is 3.31. The van der Waals surface area contributed by atoms with Crippen LogP contribution in [-0.4, -0.2) is 54.0 Å². The Morgan fingerprint density at radius 2 is 2.05 bits per heavy atom. The third-order valence-electron chi connectivity index (χ3n) is 3.96. The van der Waals surface area contributed by atoms with Crippen molar-refractivity contribution in [2.75, 3.05) is 26.2 Å². The van der Waals surface area contributed by atoms with Crippen LogP contribution in [0.3, 0.4) is 0 Å². The van der Waals surface area contributed by atoms with E-state index in [-0.39, 0.29) is 18.0 Å². The first-order valence-electron chi connectivity index (χ1n) is 6.82. The molecule has 2 saturated heterocycles. The summed E-state index contributed by atoms with van der Waals surface area (Å²) < 4.78 is 0. The van der Waals surface area contributed by atoms with Crippen molar-refractivity contribution in [3.63, 3.8) is 0 Å². The van der Waals surface area contributed by atoms with Crippen molar-refractivity contribution in [1.82, 2.24) is 15.1 Å². The summed E-state index contributed by atoms with van der Waals surface area (Å²) in [6.45, 7) is 2.87. The molecule has 2 aliphatic rings. The molecular formula is C14H18N4O2. The van der Waals surface area contributed by atoms with Gasteiger partial charge in [0.2, 0.25) is 0 Å². The van der Waals surface area contributed by atoms with Gasteiger partial charge in [-0.1, -0.05) is 12.1 Å². The molecule has 0 bridgehead atoms. The lowest BCUT2D eigenvalue weighted by atomic mass is 10.1. The van der Waals surface area contributed by atoms with Gasteiger partial charge in [-0.05, 0) is 17.7 Å². The topological polar surface area (TPSA) is 78.7 Å². The predicted octanol–water partition coefficient (Wildman–Crippen LogP) is -0.00510. The van der Waals surface area contributed by atoms with Gasteiger partial charge in [0, 0.05) is 38.3 Å². The van der Waals surface area contributed by atoms with Gasteiger partial charge in [-0.25, -0.2) is 4.79 Å². The van der Waals surface area contributed by atoms with Gasteiger partial charge in [0.1, 0.15) is 0 Å². The summed E-state index contributed by atoms with van der Waals surface area (Å²) >= 11 is 0. The Bertz CT molecular complexity index is 528. The minimum Gasteiger partial charge on any atom is -0.336 e. The molecule has 106 valence electrons. The van der Waals surface area contributed by atoms with Gasteiger partial charge < -0.3 is 20.9 Å². The molecule has 1 aromatic rings. The molecule has 6 nitrogen and oxygen atoms in total. The number of urea groups is 1. The highest BCUT2D eigenvalue weighted by Crippen LogP contribution is 2.16. The summed E-state index contributed by atoms with van der Waals surface area (Å²) in [5.74, 6) is 0.0209. The third-order valence-corrected chi connectivity index (χ3v) is 3.96. The van der Waals surface area contributed by atoms with Crippen molar-refractivity contribution in [2.24, 2.45) is 5.73 Å². The fourth-order valence-corrected chi connectivity index (χ4v) is 2.75. The SMILES string of the molecule is NCc1ccc(C(=O)N2CCN3C(=O)NCC3C2)cc1. The van der Waals surface area contributed by atoms with Crippen LogP contribution >= 0.6 is 0 Å². The fraction of sp³-hybridized carbons (Fsp3) is 0.429. The van der Waals surface area contributed by atoms with Gasteiger partial charge in [0.25, 0.3) is 5.91 Å². The third kappa shape index (κ3) is 2.22. The Hall–Kier alpha value is -2.08. The monoisotopic (exact) mass is 274 g/mol. The van der Waals surface area contributed by atoms with Crippen LogP contribution in [0.25, 0.3) is 0 Å². The van der Waals surface area contributed by atoms with Crippen molar-refractivity contribution in [1.29, 1.82) is 0 Å². The smallest absolute Gasteiger partial charge is 0.317 e. The minimum atomic E-state index is -0.0191. The standard InChI is InChI=1S/C14H18N4O2/c15-7-10-1-3-11(4-2-10)13(19)17-5-6-18-12(9-17)8-16-14(18)20/h1-4,12H,5-9,15H2,(H,16,20). The second-order valence-corrected chi connectivity index (χ2v) is 5.19. The number of carbonyl (C=O) groups is 2. The zero-order valence-electron chi connectivity index (χ0n) is 11.2. The van der Waals surface area contributed by atoms with Crippen LogP contribution in [0.15, 0.2) is 24.3 Å². The molecule has 0 aliphatic carbocycles. The summed E-state index contributed by atoms with van der Waals surface area (Å²) in [7, 11) is 0. The highest BCUT2D eigenvalue weighted by molar-refractivity contribution is 5.94. The van der Waals surface area contributed by atoms with Gasteiger partial charge in [-0.3, -0.25) is 4.79 Å². The Morgan fingerprint density at radius 1 is 1.30 bits per heavy atom. The van der Waals surface area contributed by atoms with Gasteiger partial charge in [0.05, 0.1) is 6.04 Å². The van der Waals surface area contributed by atoms with Gasteiger partial charge in [-0.15, -0.1) is 0 Å². The zero-order valence-corrected chi connectivity index (χ0v) is 11.2. The molecule has 3 rings (SSSR count). The quantitative estimate of drug-likeness (QED) is 0.796. The number of rotatable bonds is 2. The molecule has 1 atom stereocenters. The second-order valence-electron chi connectivity index (χ2n) is 5.19. The summed E-state index contributed by atoms with van der Waals surface area (Å²) in [5, 5.41) is 2.81. The highest BCUT2D eigenvalue weighted by atomic mass is 16.2. The first-order chi connectivity index (χ1) is 9.69. The minimum absolute atomic E-state index is 0.0191. The Morgan fingerprint density at radius 3 is 2.75 bits per heavy atom. The van der Waals surface area contributed by atoms with E-state index in [4.69, 9.17) is 5.73 Å². The molecule has 3 N–H and O–H groups in total.